The van der Waals surface area contributed by atoms with Crippen molar-refractivity contribution in [3.63, 3.8) is 0 Å². The third kappa shape index (κ3) is 3.47. The molecule has 0 aromatic heterocycles. The highest BCUT2D eigenvalue weighted by Gasteiger charge is 2.17. The van der Waals surface area contributed by atoms with Crippen molar-refractivity contribution in [3.05, 3.63) is 29.3 Å². The first-order chi connectivity index (χ1) is 8.61. The standard InChI is InChI=1S/C14H21NO3/c1-4-15(9-10-18-5-2)14(17)12-7-6-8-13(16)11(12)3/h6-8,16H,4-5,9-10H2,1-3H3. The Morgan fingerprint density at radius 1 is 1.39 bits per heavy atom. The number of carbonyl (C=O) groups excluding carboxylic acids is 1. The van der Waals surface area contributed by atoms with Crippen LogP contribution in [0.5, 0.6) is 5.75 Å². The second kappa shape index (κ2) is 7.01. The molecular weight excluding hydrogens is 230 g/mol. The molecule has 0 atom stereocenters. The van der Waals surface area contributed by atoms with Gasteiger partial charge >= 0.3 is 0 Å². The van der Waals surface area contributed by atoms with Crippen LogP contribution in [-0.4, -0.2) is 42.2 Å². The van der Waals surface area contributed by atoms with Gasteiger partial charge in [0.05, 0.1) is 6.61 Å². The molecule has 0 aliphatic carbocycles. The lowest BCUT2D eigenvalue weighted by molar-refractivity contribution is 0.0668. The zero-order valence-corrected chi connectivity index (χ0v) is 11.3. The molecule has 0 unspecified atom stereocenters. The van der Waals surface area contributed by atoms with Crippen LogP contribution in [0.3, 0.4) is 0 Å². The highest BCUT2D eigenvalue weighted by atomic mass is 16.5. The molecule has 4 nitrogen and oxygen atoms in total. The number of phenolic OH excluding ortho intramolecular Hbond substituents is 1. The Morgan fingerprint density at radius 2 is 2.11 bits per heavy atom. The Kier molecular flexibility index (Phi) is 5.65. The molecule has 0 fully saturated rings. The highest BCUT2D eigenvalue weighted by Crippen LogP contribution is 2.20. The van der Waals surface area contributed by atoms with Gasteiger partial charge in [0.1, 0.15) is 5.75 Å². The molecule has 1 amide bonds. The Labute approximate surface area is 108 Å². The Bertz CT molecular complexity index is 404. The molecule has 18 heavy (non-hydrogen) atoms. The van der Waals surface area contributed by atoms with Crippen LogP contribution >= 0.6 is 0 Å². The molecule has 0 aliphatic rings. The summed E-state index contributed by atoms with van der Waals surface area (Å²) in [6.45, 7) is 7.99. The quantitative estimate of drug-likeness (QED) is 0.788. The van der Waals surface area contributed by atoms with Crippen molar-refractivity contribution in [2.24, 2.45) is 0 Å². The number of hydrogen-bond acceptors (Lipinski definition) is 3. The lowest BCUT2D eigenvalue weighted by atomic mass is 10.1. The van der Waals surface area contributed by atoms with E-state index in [2.05, 4.69) is 0 Å². The van der Waals surface area contributed by atoms with Gasteiger partial charge < -0.3 is 14.7 Å². The topological polar surface area (TPSA) is 49.8 Å². The van der Waals surface area contributed by atoms with Gasteiger partial charge in [0.25, 0.3) is 5.91 Å². The minimum atomic E-state index is -0.0643. The zero-order chi connectivity index (χ0) is 13.5. The first-order valence-electron chi connectivity index (χ1n) is 6.27. The molecule has 0 bridgehead atoms. The minimum Gasteiger partial charge on any atom is -0.508 e. The van der Waals surface area contributed by atoms with Crippen LogP contribution in [0.15, 0.2) is 18.2 Å². The maximum Gasteiger partial charge on any atom is 0.254 e. The monoisotopic (exact) mass is 251 g/mol. The van der Waals surface area contributed by atoms with Crippen molar-refractivity contribution < 1.29 is 14.6 Å². The minimum absolute atomic E-state index is 0.0643. The number of carbonyl (C=O) groups is 1. The van der Waals surface area contributed by atoms with Gasteiger partial charge in [-0.1, -0.05) is 6.07 Å². The van der Waals surface area contributed by atoms with Gasteiger partial charge in [0.15, 0.2) is 0 Å². The third-order valence-corrected chi connectivity index (χ3v) is 2.91. The fraction of sp³-hybridized carbons (Fsp3) is 0.500. The van der Waals surface area contributed by atoms with Crippen molar-refractivity contribution in [2.75, 3.05) is 26.3 Å². The molecule has 0 saturated heterocycles. The van der Waals surface area contributed by atoms with Crippen LogP contribution in [0.2, 0.25) is 0 Å². The third-order valence-electron chi connectivity index (χ3n) is 2.91. The normalized spacial score (nSPS) is 10.4. The molecule has 0 radical (unpaired) electrons. The Morgan fingerprint density at radius 3 is 2.72 bits per heavy atom. The van der Waals surface area contributed by atoms with Crippen LogP contribution in [0.4, 0.5) is 0 Å². The SMILES string of the molecule is CCOCCN(CC)C(=O)c1cccc(O)c1C. The molecule has 1 rings (SSSR count). The lowest BCUT2D eigenvalue weighted by Gasteiger charge is -2.21. The number of ether oxygens (including phenoxy) is 1. The average Bonchev–Trinajstić information content (AvgIpc) is 2.37. The summed E-state index contributed by atoms with van der Waals surface area (Å²) in [5.41, 5.74) is 1.17. The summed E-state index contributed by atoms with van der Waals surface area (Å²) in [6, 6.07) is 5.01. The fourth-order valence-corrected chi connectivity index (χ4v) is 1.75. The summed E-state index contributed by atoms with van der Waals surface area (Å²) in [4.78, 5) is 14.0. The first-order valence-corrected chi connectivity index (χ1v) is 6.27. The second-order valence-electron chi connectivity index (χ2n) is 4.03. The number of rotatable bonds is 6. The van der Waals surface area contributed by atoms with Crippen LogP contribution in [0, 0.1) is 6.92 Å². The van der Waals surface area contributed by atoms with Gasteiger partial charge in [-0.25, -0.2) is 0 Å². The van der Waals surface area contributed by atoms with Crippen LogP contribution in [-0.2, 0) is 4.74 Å². The largest absolute Gasteiger partial charge is 0.508 e. The highest BCUT2D eigenvalue weighted by molar-refractivity contribution is 5.96. The van der Waals surface area contributed by atoms with Gasteiger partial charge in [-0.3, -0.25) is 4.79 Å². The number of phenols is 1. The van der Waals surface area contributed by atoms with Crippen molar-refractivity contribution >= 4 is 5.91 Å². The smallest absolute Gasteiger partial charge is 0.254 e. The Balaban J connectivity index is 2.80. The molecular formula is C14H21NO3. The summed E-state index contributed by atoms with van der Waals surface area (Å²) in [6.07, 6.45) is 0. The van der Waals surface area contributed by atoms with Crippen LogP contribution < -0.4 is 0 Å². The molecule has 100 valence electrons. The fourth-order valence-electron chi connectivity index (χ4n) is 1.75. The second-order valence-corrected chi connectivity index (χ2v) is 4.03. The number of amides is 1. The van der Waals surface area contributed by atoms with Gasteiger partial charge in [-0.15, -0.1) is 0 Å². The van der Waals surface area contributed by atoms with E-state index in [1.165, 1.54) is 0 Å². The van der Waals surface area contributed by atoms with E-state index in [4.69, 9.17) is 4.74 Å². The summed E-state index contributed by atoms with van der Waals surface area (Å²) in [5, 5.41) is 9.62. The summed E-state index contributed by atoms with van der Waals surface area (Å²) >= 11 is 0. The van der Waals surface area contributed by atoms with Crippen molar-refractivity contribution in [3.8, 4) is 5.75 Å². The Hall–Kier alpha value is -1.55. The maximum atomic E-state index is 12.3. The van der Waals surface area contributed by atoms with Gasteiger partial charge in [-0.05, 0) is 32.9 Å². The first kappa shape index (κ1) is 14.5. The van der Waals surface area contributed by atoms with E-state index in [9.17, 15) is 9.90 Å². The molecule has 4 heteroatoms. The predicted octanol–water partition coefficient (Wildman–Crippen LogP) is 2.20. The van der Waals surface area contributed by atoms with E-state index in [1.54, 1.807) is 30.0 Å². The molecule has 1 N–H and O–H groups in total. The van der Waals surface area contributed by atoms with E-state index < -0.39 is 0 Å². The number of benzene rings is 1. The molecule has 0 saturated carbocycles. The number of likely N-dealkylation sites (N-methyl/N-ethyl adjacent to an activating group) is 1. The lowest BCUT2D eigenvalue weighted by Crippen LogP contribution is -2.34. The van der Waals surface area contributed by atoms with Gasteiger partial charge in [-0.2, -0.15) is 0 Å². The molecule has 0 heterocycles. The van der Waals surface area contributed by atoms with Gasteiger partial charge in [0, 0.05) is 30.8 Å². The number of aromatic hydroxyl groups is 1. The van der Waals surface area contributed by atoms with E-state index in [0.717, 1.165) is 0 Å². The zero-order valence-electron chi connectivity index (χ0n) is 11.3. The maximum absolute atomic E-state index is 12.3. The molecule has 1 aromatic carbocycles. The molecule has 0 aliphatic heterocycles. The van der Waals surface area contributed by atoms with E-state index in [-0.39, 0.29) is 11.7 Å². The van der Waals surface area contributed by atoms with E-state index >= 15 is 0 Å². The predicted molar refractivity (Wildman–Crippen MR) is 70.9 cm³/mol. The van der Waals surface area contributed by atoms with E-state index in [0.29, 0.717) is 37.4 Å². The summed E-state index contributed by atoms with van der Waals surface area (Å²) in [7, 11) is 0. The average molecular weight is 251 g/mol. The van der Waals surface area contributed by atoms with E-state index in [1.807, 2.05) is 13.8 Å². The molecule has 0 spiro atoms. The van der Waals surface area contributed by atoms with Crippen molar-refractivity contribution in [1.82, 2.24) is 4.90 Å². The van der Waals surface area contributed by atoms with Crippen molar-refractivity contribution in [1.29, 1.82) is 0 Å². The van der Waals surface area contributed by atoms with Crippen LogP contribution in [0.25, 0.3) is 0 Å². The molecule has 1 aromatic rings. The van der Waals surface area contributed by atoms with Crippen LogP contribution in [0.1, 0.15) is 29.8 Å². The summed E-state index contributed by atoms with van der Waals surface area (Å²) in [5.74, 6) is 0.0901. The number of hydrogen-bond donors (Lipinski definition) is 1. The summed E-state index contributed by atoms with van der Waals surface area (Å²) < 4.78 is 5.26. The number of nitrogens with zero attached hydrogens (tertiary/aromatic N) is 1. The van der Waals surface area contributed by atoms with Crippen molar-refractivity contribution in [2.45, 2.75) is 20.8 Å². The van der Waals surface area contributed by atoms with Gasteiger partial charge in [0.2, 0.25) is 0 Å².